The molecule has 1 N–H and O–H groups in total. The van der Waals surface area contributed by atoms with Gasteiger partial charge in [-0.1, -0.05) is 6.92 Å². The first-order valence-corrected chi connectivity index (χ1v) is 8.14. The van der Waals surface area contributed by atoms with E-state index in [0.29, 0.717) is 30.7 Å². The molecule has 5 heteroatoms. The summed E-state index contributed by atoms with van der Waals surface area (Å²) in [5, 5.41) is 2.94. The lowest BCUT2D eigenvalue weighted by molar-refractivity contribution is -0.146. The van der Waals surface area contributed by atoms with Gasteiger partial charge in [0.05, 0.1) is 18.5 Å². The van der Waals surface area contributed by atoms with Gasteiger partial charge in [-0.3, -0.25) is 4.79 Å². The second-order valence-electron chi connectivity index (χ2n) is 5.88. The van der Waals surface area contributed by atoms with Crippen molar-refractivity contribution in [2.45, 2.75) is 52.1 Å². The van der Waals surface area contributed by atoms with Gasteiger partial charge >= 0.3 is 0 Å². The number of carbonyl (C=O) groups is 1. The van der Waals surface area contributed by atoms with Crippen LogP contribution in [0.1, 0.15) is 46.5 Å². The van der Waals surface area contributed by atoms with Gasteiger partial charge in [0.1, 0.15) is 5.60 Å². The molecule has 1 fully saturated rings. The lowest BCUT2D eigenvalue weighted by atomic mass is 9.78. The van der Waals surface area contributed by atoms with E-state index in [-0.39, 0.29) is 5.91 Å². The summed E-state index contributed by atoms with van der Waals surface area (Å²) < 4.78 is 11.2. The van der Waals surface area contributed by atoms with Crippen LogP contribution >= 0.6 is 0 Å². The minimum Gasteiger partial charge on any atom is -0.478 e. The van der Waals surface area contributed by atoms with Gasteiger partial charge in [0.2, 0.25) is 5.88 Å². The van der Waals surface area contributed by atoms with Gasteiger partial charge in [0.25, 0.3) is 5.91 Å². The van der Waals surface area contributed by atoms with Crippen LogP contribution in [0.4, 0.5) is 5.69 Å². The number of hydrogen-bond donors (Lipinski definition) is 1. The summed E-state index contributed by atoms with van der Waals surface area (Å²) in [6.45, 7) is 7.19. The highest BCUT2D eigenvalue weighted by atomic mass is 16.5. The quantitative estimate of drug-likeness (QED) is 0.875. The first kappa shape index (κ1) is 16.7. The van der Waals surface area contributed by atoms with Crippen molar-refractivity contribution in [1.29, 1.82) is 0 Å². The Bertz CT molecular complexity index is 479. The van der Waals surface area contributed by atoms with Gasteiger partial charge in [0, 0.05) is 12.7 Å². The summed E-state index contributed by atoms with van der Waals surface area (Å²) in [5.74, 6) is 1.16. The van der Waals surface area contributed by atoms with Crippen molar-refractivity contribution in [3.8, 4) is 5.88 Å². The Labute approximate surface area is 132 Å². The minimum absolute atomic E-state index is 0.0628. The molecule has 1 amide bonds. The third-order valence-corrected chi connectivity index (χ3v) is 4.20. The van der Waals surface area contributed by atoms with Crippen molar-refractivity contribution in [2.24, 2.45) is 5.92 Å². The normalized spacial score (nSPS) is 24.8. The lowest BCUT2D eigenvalue weighted by Crippen LogP contribution is -2.48. The molecule has 1 aliphatic carbocycles. The van der Waals surface area contributed by atoms with Gasteiger partial charge < -0.3 is 14.8 Å². The van der Waals surface area contributed by atoms with Crippen LogP contribution in [0.2, 0.25) is 0 Å². The number of nitrogens with zero attached hydrogens (tertiary/aromatic N) is 1. The van der Waals surface area contributed by atoms with E-state index >= 15 is 0 Å². The summed E-state index contributed by atoms with van der Waals surface area (Å²) in [7, 11) is 0. The molecule has 0 bridgehead atoms. The summed E-state index contributed by atoms with van der Waals surface area (Å²) in [6.07, 6.45) is 5.22. The molecule has 0 saturated heterocycles. The maximum atomic E-state index is 12.7. The first-order valence-electron chi connectivity index (χ1n) is 8.14. The second kappa shape index (κ2) is 7.58. The van der Waals surface area contributed by atoms with E-state index < -0.39 is 5.60 Å². The molecule has 0 aliphatic heterocycles. The Kier molecular flexibility index (Phi) is 5.77. The number of carbonyl (C=O) groups excluding carboxylic acids is 1. The topological polar surface area (TPSA) is 60.5 Å². The third kappa shape index (κ3) is 3.97. The van der Waals surface area contributed by atoms with Gasteiger partial charge in [-0.2, -0.15) is 0 Å². The Morgan fingerprint density at radius 2 is 2.05 bits per heavy atom. The summed E-state index contributed by atoms with van der Waals surface area (Å²) in [4.78, 5) is 16.9. The van der Waals surface area contributed by atoms with E-state index in [2.05, 4.69) is 17.2 Å². The van der Waals surface area contributed by atoms with Crippen LogP contribution in [-0.4, -0.2) is 29.7 Å². The van der Waals surface area contributed by atoms with Gasteiger partial charge in [0.15, 0.2) is 0 Å². The van der Waals surface area contributed by atoms with Crippen LogP contribution in [0.5, 0.6) is 5.88 Å². The first-order chi connectivity index (χ1) is 10.6. The number of hydrogen-bond acceptors (Lipinski definition) is 4. The van der Waals surface area contributed by atoms with Gasteiger partial charge in [-0.15, -0.1) is 0 Å². The molecule has 0 spiro atoms. The molecule has 2 rings (SSSR count). The van der Waals surface area contributed by atoms with Crippen LogP contribution < -0.4 is 10.1 Å². The van der Waals surface area contributed by atoms with Crippen molar-refractivity contribution in [3.63, 3.8) is 0 Å². The standard InChI is InChI=1S/C17H26N2O3/c1-4-21-15-7-6-14(12-18-15)19-16(20)17(22-5-2)10-8-13(3)9-11-17/h6-7,12-13H,4-5,8-11H2,1-3H3,(H,19,20). The Morgan fingerprint density at radius 1 is 1.32 bits per heavy atom. The maximum absolute atomic E-state index is 12.7. The minimum atomic E-state index is -0.695. The lowest BCUT2D eigenvalue weighted by Gasteiger charge is -2.37. The molecule has 0 radical (unpaired) electrons. The average Bonchev–Trinajstić information content (AvgIpc) is 2.52. The largest absolute Gasteiger partial charge is 0.478 e. The predicted molar refractivity (Wildman–Crippen MR) is 86.0 cm³/mol. The van der Waals surface area contributed by atoms with Crippen molar-refractivity contribution < 1.29 is 14.3 Å². The molecule has 1 heterocycles. The Morgan fingerprint density at radius 3 is 2.59 bits per heavy atom. The van der Waals surface area contributed by atoms with Crippen LogP contribution in [0.25, 0.3) is 0 Å². The van der Waals surface area contributed by atoms with E-state index in [1.807, 2.05) is 13.8 Å². The molecule has 122 valence electrons. The SMILES string of the molecule is CCOc1ccc(NC(=O)C2(OCC)CCC(C)CC2)cn1. The van der Waals surface area contributed by atoms with Crippen LogP contribution in [0.15, 0.2) is 18.3 Å². The summed E-state index contributed by atoms with van der Waals surface area (Å²) >= 11 is 0. The predicted octanol–water partition coefficient (Wildman–Crippen LogP) is 3.40. The molecule has 5 nitrogen and oxygen atoms in total. The van der Waals surface area contributed by atoms with E-state index in [1.54, 1.807) is 18.3 Å². The Balaban J connectivity index is 2.04. The zero-order chi connectivity index (χ0) is 16.0. The van der Waals surface area contributed by atoms with E-state index in [4.69, 9.17) is 9.47 Å². The van der Waals surface area contributed by atoms with E-state index in [1.165, 1.54) is 0 Å². The van der Waals surface area contributed by atoms with Gasteiger partial charge in [-0.05, 0) is 51.5 Å². The van der Waals surface area contributed by atoms with E-state index in [9.17, 15) is 4.79 Å². The molecule has 1 aliphatic rings. The molecule has 1 saturated carbocycles. The summed E-state index contributed by atoms with van der Waals surface area (Å²) in [6, 6.07) is 3.57. The number of ether oxygens (including phenoxy) is 2. The zero-order valence-corrected chi connectivity index (χ0v) is 13.7. The van der Waals surface area contributed by atoms with Crippen LogP contribution in [0, 0.1) is 5.92 Å². The monoisotopic (exact) mass is 306 g/mol. The molecule has 22 heavy (non-hydrogen) atoms. The number of nitrogens with one attached hydrogen (secondary N) is 1. The molecule has 0 aromatic carbocycles. The highest BCUT2D eigenvalue weighted by Crippen LogP contribution is 2.35. The van der Waals surface area contributed by atoms with Crippen LogP contribution in [0.3, 0.4) is 0 Å². The van der Waals surface area contributed by atoms with Crippen molar-refractivity contribution in [2.75, 3.05) is 18.5 Å². The van der Waals surface area contributed by atoms with Crippen molar-refractivity contribution in [3.05, 3.63) is 18.3 Å². The zero-order valence-electron chi connectivity index (χ0n) is 13.7. The fourth-order valence-corrected chi connectivity index (χ4v) is 2.87. The number of amides is 1. The third-order valence-electron chi connectivity index (χ3n) is 4.20. The number of anilines is 1. The summed E-state index contributed by atoms with van der Waals surface area (Å²) in [5.41, 5.74) is -0.0222. The molecule has 1 aromatic heterocycles. The molecular weight excluding hydrogens is 280 g/mol. The Hall–Kier alpha value is -1.62. The number of pyridine rings is 1. The fraction of sp³-hybridized carbons (Fsp3) is 0.647. The number of rotatable bonds is 6. The fourth-order valence-electron chi connectivity index (χ4n) is 2.87. The molecule has 0 unspecified atom stereocenters. The smallest absolute Gasteiger partial charge is 0.256 e. The maximum Gasteiger partial charge on any atom is 0.256 e. The van der Waals surface area contributed by atoms with Gasteiger partial charge in [-0.25, -0.2) is 4.98 Å². The van der Waals surface area contributed by atoms with Crippen molar-refractivity contribution in [1.82, 2.24) is 4.98 Å². The molecule has 1 aromatic rings. The number of aromatic nitrogens is 1. The average molecular weight is 306 g/mol. The molecular formula is C17H26N2O3. The van der Waals surface area contributed by atoms with Crippen LogP contribution in [-0.2, 0) is 9.53 Å². The highest BCUT2D eigenvalue weighted by molar-refractivity contribution is 5.97. The van der Waals surface area contributed by atoms with Crippen molar-refractivity contribution >= 4 is 11.6 Å². The van der Waals surface area contributed by atoms with E-state index in [0.717, 1.165) is 25.7 Å². The second-order valence-corrected chi connectivity index (χ2v) is 5.88. The highest BCUT2D eigenvalue weighted by Gasteiger charge is 2.41. The molecule has 0 atom stereocenters.